The number of amides is 1. The molecule has 2 N–H and O–H groups in total. The van der Waals surface area contributed by atoms with Gasteiger partial charge in [0.2, 0.25) is 15.9 Å². The van der Waals surface area contributed by atoms with Crippen LogP contribution in [-0.2, 0) is 14.8 Å². The number of ether oxygens (including phenoxy) is 3. The summed E-state index contributed by atoms with van der Waals surface area (Å²) in [6.45, 7) is 1.42. The minimum atomic E-state index is -4.06. The van der Waals surface area contributed by atoms with Crippen molar-refractivity contribution in [3.63, 3.8) is 0 Å². The molecule has 0 spiro atoms. The number of benzene rings is 2. The monoisotopic (exact) mass is 428 g/mol. The van der Waals surface area contributed by atoms with E-state index in [0.29, 0.717) is 17.2 Å². The lowest BCUT2D eigenvalue weighted by Gasteiger charge is -2.17. The molecule has 10 heteroatoms. The first-order chi connectivity index (χ1) is 13.2. The van der Waals surface area contributed by atoms with Gasteiger partial charge in [-0.1, -0.05) is 11.6 Å². The van der Waals surface area contributed by atoms with Gasteiger partial charge in [-0.15, -0.1) is 0 Å². The van der Waals surface area contributed by atoms with Crippen LogP contribution in [0, 0.1) is 0 Å². The van der Waals surface area contributed by atoms with Crippen molar-refractivity contribution in [3.8, 4) is 17.2 Å². The molecule has 8 nitrogen and oxygen atoms in total. The molecule has 0 radical (unpaired) electrons. The van der Waals surface area contributed by atoms with E-state index in [2.05, 4.69) is 10.0 Å². The van der Waals surface area contributed by atoms with Gasteiger partial charge in [-0.2, -0.15) is 4.72 Å². The van der Waals surface area contributed by atoms with Gasteiger partial charge in [-0.05, 0) is 37.3 Å². The minimum Gasteiger partial charge on any atom is -0.497 e. The molecule has 0 aliphatic carbocycles. The van der Waals surface area contributed by atoms with Gasteiger partial charge >= 0.3 is 0 Å². The van der Waals surface area contributed by atoms with Crippen molar-refractivity contribution < 1.29 is 27.4 Å². The standard InChI is InChI=1S/C18H21ClN2O6S/c1-11(18(22)20-14-7-6-13(25-2)10-16(14)27-4)21-28(23,24)17-9-12(19)5-8-15(17)26-3/h5-11,21H,1-4H3,(H,20,22)/t11-/m1/s1. The van der Waals surface area contributed by atoms with Crippen LogP contribution < -0.4 is 24.2 Å². The summed E-state index contributed by atoms with van der Waals surface area (Å²) in [7, 11) is 0.236. The molecule has 1 amide bonds. The van der Waals surface area contributed by atoms with E-state index < -0.39 is 22.0 Å². The molecule has 2 aromatic carbocycles. The normalized spacial score (nSPS) is 12.2. The minimum absolute atomic E-state index is 0.112. The number of sulfonamides is 1. The molecule has 0 aliphatic heterocycles. The van der Waals surface area contributed by atoms with E-state index in [-0.39, 0.29) is 15.7 Å². The first-order valence-electron chi connectivity index (χ1n) is 8.10. The second kappa shape index (κ2) is 9.13. The molecule has 0 heterocycles. The summed E-state index contributed by atoms with van der Waals surface area (Å²) in [6, 6.07) is 7.94. The molecule has 0 fully saturated rings. The van der Waals surface area contributed by atoms with Crippen molar-refractivity contribution in [1.82, 2.24) is 4.72 Å². The SMILES string of the molecule is COc1ccc(NC(=O)[C@@H](C)NS(=O)(=O)c2cc(Cl)ccc2OC)c(OC)c1. The second-order valence-electron chi connectivity index (χ2n) is 5.69. The molecule has 0 saturated carbocycles. The van der Waals surface area contributed by atoms with Crippen LogP contribution in [-0.4, -0.2) is 41.7 Å². The van der Waals surface area contributed by atoms with Crippen LogP contribution in [0.5, 0.6) is 17.2 Å². The van der Waals surface area contributed by atoms with E-state index in [1.54, 1.807) is 18.2 Å². The Hall–Kier alpha value is -2.49. The summed E-state index contributed by atoms with van der Waals surface area (Å²) >= 11 is 5.89. The number of rotatable bonds is 8. The van der Waals surface area contributed by atoms with E-state index in [0.717, 1.165) is 0 Å². The van der Waals surface area contributed by atoms with Crippen molar-refractivity contribution in [2.45, 2.75) is 17.9 Å². The van der Waals surface area contributed by atoms with Crippen molar-refractivity contribution in [2.75, 3.05) is 26.6 Å². The quantitative estimate of drug-likeness (QED) is 0.670. The summed E-state index contributed by atoms with van der Waals surface area (Å²) in [6.07, 6.45) is 0. The van der Waals surface area contributed by atoms with Crippen molar-refractivity contribution in [1.29, 1.82) is 0 Å². The first-order valence-corrected chi connectivity index (χ1v) is 9.96. The van der Waals surface area contributed by atoms with Gasteiger partial charge in [0.15, 0.2) is 0 Å². The second-order valence-corrected chi connectivity index (χ2v) is 7.81. The fourth-order valence-electron chi connectivity index (χ4n) is 2.35. The fraction of sp³-hybridized carbons (Fsp3) is 0.278. The fourth-order valence-corrected chi connectivity index (χ4v) is 3.99. The summed E-state index contributed by atoms with van der Waals surface area (Å²) in [4.78, 5) is 12.3. The predicted molar refractivity (Wildman–Crippen MR) is 106 cm³/mol. The van der Waals surface area contributed by atoms with Gasteiger partial charge in [0, 0.05) is 11.1 Å². The highest BCUT2D eigenvalue weighted by Gasteiger charge is 2.26. The van der Waals surface area contributed by atoms with Gasteiger partial charge < -0.3 is 19.5 Å². The van der Waals surface area contributed by atoms with E-state index in [4.69, 9.17) is 25.8 Å². The van der Waals surface area contributed by atoms with Crippen molar-refractivity contribution in [2.24, 2.45) is 0 Å². The van der Waals surface area contributed by atoms with Gasteiger partial charge in [-0.3, -0.25) is 4.79 Å². The Kier molecular flexibility index (Phi) is 7.11. The molecule has 152 valence electrons. The van der Waals surface area contributed by atoms with Crippen molar-refractivity contribution in [3.05, 3.63) is 41.4 Å². The van der Waals surface area contributed by atoms with Gasteiger partial charge in [0.25, 0.3) is 0 Å². The lowest BCUT2D eigenvalue weighted by molar-refractivity contribution is -0.117. The molecule has 0 saturated heterocycles. The van der Waals surface area contributed by atoms with E-state index >= 15 is 0 Å². The van der Waals surface area contributed by atoms with Crippen LogP contribution in [0.4, 0.5) is 5.69 Å². The highest BCUT2D eigenvalue weighted by Crippen LogP contribution is 2.30. The number of hydrogen-bond donors (Lipinski definition) is 2. The Labute approximate surface area is 168 Å². The third-order valence-electron chi connectivity index (χ3n) is 3.81. The maximum atomic E-state index is 12.7. The van der Waals surface area contributed by atoms with Crippen LogP contribution in [0.15, 0.2) is 41.3 Å². The predicted octanol–water partition coefficient (Wildman–Crippen LogP) is 2.67. The molecule has 0 unspecified atom stereocenters. The maximum Gasteiger partial charge on any atom is 0.245 e. The summed E-state index contributed by atoms with van der Waals surface area (Å²) in [5, 5.41) is 2.85. The lowest BCUT2D eigenvalue weighted by atomic mass is 10.2. The number of anilines is 1. The number of methoxy groups -OCH3 is 3. The number of carbonyl (C=O) groups is 1. The molecular weight excluding hydrogens is 408 g/mol. The molecule has 2 rings (SSSR count). The Morgan fingerprint density at radius 1 is 1.00 bits per heavy atom. The van der Waals surface area contributed by atoms with Gasteiger partial charge in [0.1, 0.15) is 22.1 Å². The molecule has 1 atom stereocenters. The summed E-state index contributed by atoms with van der Waals surface area (Å²) < 4.78 is 43.0. The lowest BCUT2D eigenvalue weighted by Crippen LogP contribution is -2.41. The molecule has 0 aromatic heterocycles. The van der Waals surface area contributed by atoms with E-state index in [1.165, 1.54) is 46.5 Å². The van der Waals surface area contributed by atoms with E-state index in [9.17, 15) is 13.2 Å². The average Bonchev–Trinajstić information content (AvgIpc) is 2.67. The highest BCUT2D eigenvalue weighted by atomic mass is 35.5. The Bertz CT molecular complexity index is 965. The molecule has 0 bridgehead atoms. The molecule has 0 aliphatic rings. The van der Waals surface area contributed by atoms with Crippen LogP contribution >= 0.6 is 11.6 Å². The number of carbonyl (C=O) groups excluding carboxylic acids is 1. The molecule has 2 aromatic rings. The Balaban J connectivity index is 2.19. The summed E-state index contributed by atoms with van der Waals surface area (Å²) in [5.74, 6) is 0.463. The zero-order valence-corrected chi connectivity index (χ0v) is 17.3. The largest absolute Gasteiger partial charge is 0.497 e. The third-order valence-corrected chi connectivity index (χ3v) is 5.60. The Morgan fingerprint density at radius 3 is 2.29 bits per heavy atom. The van der Waals surface area contributed by atoms with Gasteiger partial charge in [-0.25, -0.2) is 8.42 Å². The maximum absolute atomic E-state index is 12.7. The van der Waals surface area contributed by atoms with Gasteiger partial charge in [0.05, 0.1) is 33.1 Å². The topological polar surface area (TPSA) is 103 Å². The van der Waals surface area contributed by atoms with Crippen LogP contribution in [0.2, 0.25) is 5.02 Å². The zero-order valence-electron chi connectivity index (χ0n) is 15.8. The number of nitrogens with one attached hydrogen (secondary N) is 2. The number of hydrogen-bond acceptors (Lipinski definition) is 6. The van der Waals surface area contributed by atoms with Crippen LogP contribution in [0.1, 0.15) is 6.92 Å². The number of halogens is 1. The van der Waals surface area contributed by atoms with Crippen molar-refractivity contribution >= 4 is 33.2 Å². The average molecular weight is 429 g/mol. The highest BCUT2D eigenvalue weighted by molar-refractivity contribution is 7.89. The Morgan fingerprint density at radius 2 is 1.68 bits per heavy atom. The first kappa shape index (κ1) is 21.8. The van der Waals surface area contributed by atoms with Crippen LogP contribution in [0.25, 0.3) is 0 Å². The zero-order chi connectivity index (χ0) is 20.9. The smallest absolute Gasteiger partial charge is 0.245 e. The third kappa shape index (κ3) is 5.06. The van der Waals surface area contributed by atoms with E-state index in [1.807, 2.05) is 0 Å². The summed E-state index contributed by atoms with van der Waals surface area (Å²) in [5.41, 5.74) is 0.375. The van der Waals surface area contributed by atoms with Crippen LogP contribution in [0.3, 0.4) is 0 Å². The molecule has 28 heavy (non-hydrogen) atoms. The molecular formula is C18H21ClN2O6S.